The quantitative estimate of drug-likeness (QED) is 0.0420. The number of nitrogens with two attached hydrogens (primary N) is 1. The van der Waals surface area contributed by atoms with E-state index in [1.165, 1.54) is 45.9 Å². The second-order valence-corrected chi connectivity index (χ2v) is 26.3. The standard InChI is InChI=1S/C60H74ClN10O14PS/c1-32(35-13-15-37(16-14-35)52-33(2)63-31-87-52)64-56(78)47-27-42(73)28-70(47)58(80)53(60(4,5)6)68-50(75)12-8-10-36-9-7-11-48(51(36)61)85-30-40(18-22-49(62)74)65-55(77)46-21-19-41-23-24-69(34(3)72)29-45(57(79)71(41)46)67-54(76)44-26-39-25-38(17-20-43(39)66-44)59(81)86(82,83)84/h7,9,11,13-17,20,25-26,31-32,40-42,45-47,53,66,73H,8,10,12,18-19,21-24,27-30H2,1-6H3,(H2,62,74)(H,64,78)(H,65,77)(H,67,76)(H,68,75)(H2,82,83,84)/t32-,40-,41+,42+,45-,46-,47-,53+/m0/s1. The fraction of sp³-hybridized carbons (Fsp3) is 0.467. The van der Waals surface area contributed by atoms with Crippen LogP contribution >= 0.6 is 30.5 Å². The number of ether oxygens (including phenoxy) is 1. The SMILES string of the molecule is CC(=O)N1CC[C@H]2CC[C@@H](C(=O)N[C@@H](CCC(N)=O)COc3cccc(CCCC(=O)N[C@H](C(=O)N4C[C@H](O)C[C@H]4C(=O)N[C@@H](C)c4ccc(-c5scnc5C)cc4)C(C)(C)C)c3Cl)N2C(=O)[C@@H](NC(=O)c2cc3cc(C(=O)P(=O)(O)O)ccc3[nH]2)C1. The van der Waals surface area contributed by atoms with Crippen LogP contribution in [-0.4, -0.2) is 161 Å². The Balaban J connectivity index is 0.870. The molecular weight excluding hydrogens is 1180 g/mol. The van der Waals surface area contributed by atoms with Crippen molar-refractivity contribution < 1.29 is 67.3 Å². The maximum Gasteiger partial charge on any atom is 0.396 e. The van der Waals surface area contributed by atoms with E-state index in [2.05, 4.69) is 31.2 Å². The van der Waals surface area contributed by atoms with Gasteiger partial charge in [0, 0.05) is 68.3 Å². The Bertz CT molecular complexity index is 3490. The van der Waals surface area contributed by atoms with Crippen molar-refractivity contribution in [3.05, 3.63) is 105 Å². The van der Waals surface area contributed by atoms with E-state index in [9.17, 15) is 62.6 Å². The molecule has 3 aliphatic rings. The number of aliphatic hydroxyl groups is 1. The van der Waals surface area contributed by atoms with Gasteiger partial charge < -0.3 is 66.3 Å². The molecule has 8 atom stereocenters. The molecule has 3 aromatic carbocycles. The molecule has 0 bridgehead atoms. The first-order chi connectivity index (χ1) is 41.1. The van der Waals surface area contributed by atoms with Crippen molar-refractivity contribution in [2.75, 3.05) is 26.2 Å². The summed E-state index contributed by atoms with van der Waals surface area (Å²) < 4.78 is 17.8. The summed E-state index contributed by atoms with van der Waals surface area (Å²) in [6, 6.07) is 12.0. The highest BCUT2D eigenvalue weighted by Crippen LogP contribution is 2.40. The van der Waals surface area contributed by atoms with Gasteiger partial charge in [0.25, 0.3) is 11.4 Å². The minimum atomic E-state index is -5.10. The van der Waals surface area contributed by atoms with Gasteiger partial charge in [-0.2, -0.15) is 0 Å². The number of likely N-dealkylation sites (tertiary alicyclic amines) is 1. The number of aromatic nitrogens is 2. The molecule has 5 aromatic rings. The number of aromatic amines is 1. The maximum atomic E-state index is 14.6. The molecular formula is C60H74ClN10O14PS. The number of aliphatic hydroxyl groups excluding tert-OH is 1. The van der Waals surface area contributed by atoms with Crippen molar-refractivity contribution in [3.63, 3.8) is 0 Å². The summed E-state index contributed by atoms with van der Waals surface area (Å²) in [5.74, 6) is -4.02. The molecule has 0 aliphatic carbocycles. The van der Waals surface area contributed by atoms with Gasteiger partial charge >= 0.3 is 7.60 Å². The Morgan fingerprint density at radius 2 is 1.66 bits per heavy atom. The van der Waals surface area contributed by atoms with Gasteiger partial charge in [-0.15, -0.1) is 11.3 Å². The first-order valence-electron chi connectivity index (χ1n) is 28.8. The molecule has 10 N–H and O–H groups in total. The number of hydrogen-bond donors (Lipinski definition) is 9. The number of carbonyl (C=O) groups is 9. The van der Waals surface area contributed by atoms with Crippen molar-refractivity contribution >= 4 is 94.2 Å². The molecule has 24 nitrogen and oxygen atoms in total. The van der Waals surface area contributed by atoms with E-state index in [1.807, 2.05) is 38.1 Å². The number of carbonyl (C=O) groups excluding carboxylic acids is 9. The Morgan fingerprint density at radius 3 is 2.32 bits per heavy atom. The molecule has 8 rings (SSSR count). The van der Waals surface area contributed by atoms with Crippen LogP contribution in [-0.2, 0) is 44.5 Å². The number of thiazole rings is 1. The van der Waals surface area contributed by atoms with Crippen LogP contribution in [0.3, 0.4) is 0 Å². The lowest BCUT2D eigenvalue weighted by atomic mass is 9.85. The van der Waals surface area contributed by atoms with Gasteiger partial charge in [-0.1, -0.05) is 68.8 Å². The molecule has 3 aliphatic heterocycles. The van der Waals surface area contributed by atoms with E-state index in [0.717, 1.165) is 21.7 Å². The van der Waals surface area contributed by atoms with Crippen molar-refractivity contribution in [1.82, 2.24) is 45.9 Å². The van der Waals surface area contributed by atoms with E-state index in [4.69, 9.17) is 22.1 Å². The fourth-order valence-electron chi connectivity index (χ4n) is 11.4. The molecule has 5 heterocycles. The predicted octanol–water partition coefficient (Wildman–Crippen LogP) is 4.80. The molecule has 87 heavy (non-hydrogen) atoms. The van der Waals surface area contributed by atoms with E-state index in [0.29, 0.717) is 36.8 Å². The normalized spacial score (nSPS) is 20.0. The Labute approximate surface area is 511 Å². The van der Waals surface area contributed by atoms with Gasteiger partial charge in [0.15, 0.2) is 0 Å². The average molecular weight is 1260 g/mol. The first-order valence-corrected chi connectivity index (χ1v) is 31.6. The number of rotatable bonds is 22. The van der Waals surface area contributed by atoms with E-state index in [-0.39, 0.29) is 91.7 Å². The van der Waals surface area contributed by atoms with Gasteiger partial charge in [-0.25, -0.2) is 4.98 Å². The second kappa shape index (κ2) is 27.7. The minimum Gasteiger partial charge on any atom is -0.490 e. The molecule has 3 saturated heterocycles. The minimum absolute atomic E-state index is 0.00177. The van der Waals surface area contributed by atoms with Crippen molar-refractivity contribution in [3.8, 4) is 16.2 Å². The van der Waals surface area contributed by atoms with Crippen LogP contribution in [0.5, 0.6) is 5.75 Å². The third-order valence-electron chi connectivity index (χ3n) is 16.1. The number of aryl methyl sites for hydroxylation is 2. The number of nitrogens with one attached hydrogen (secondary N) is 5. The smallest absolute Gasteiger partial charge is 0.396 e. The predicted molar refractivity (Wildman–Crippen MR) is 323 cm³/mol. The summed E-state index contributed by atoms with van der Waals surface area (Å²) in [6.45, 7) is 10.3. The van der Waals surface area contributed by atoms with Gasteiger partial charge in [0.2, 0.25) is 41.4 Å². The fourth-order valence-corrected chi connectivity index (χ4v) is 12.9. The van der Waals surface area contributed by atoms with Gasteiger partial charge in [0.05, 0.1) is 39.3 Å². The van der Waals surface area contributed by atoms with Crippen molar-refractivity contribution in [2.24, 2.45) is 11.1 Å². The summed E-state index contributed by atoms with van der Waals surface area (Å²) in [7, 11) is -5.10. The lowest BCUT2D eigenvalue weighted by Crippen LogP contribution is -2.61. The number of H-pyrrole nitrogens is 1. The number of halogens is 1. The summed E-state index contributed by atoms with van der Waals surface area (Å²) in [5.41, 5.74) is 8.61. The third-order valence-corrected chi connectivity index (χ3v) is 18.3. The number of hydrogen-bond acceptors (Lipinski definition) is 14. The van der Waals surface area contributed by atoms with Crippen LogP contribution in [0.15, 0.2) is 72.2 Å². The van der Waals surface area contributed by atoms with Gasteiger partial charge in [0.1, 0.15) is 42.2 Å². The summed E-state index contributed by atoms with van der Waals surface area (Å²) in [6.07, 6.45) is 0.592. The molecule has 8 amide bonds. The molecule has 0 radical (unpaired) electrons. The zero-order chi connectivity index (χ0) is 63.2. The molecule has 3 fully saturated rings. The number of fused-ring (bicyclic) bond motifs is 2. The Morgan fingerprint density at radius 1 is 0.931 bits per heavy atom. The lowest BCUT2D eigenvalue weighted by Gasteiger charge is -2.38. The molecule has 27 heteroatoms. The number of amides is 8. The molecule has 466 valence electrons. The number of β-amino-alcohol motifs (C(OH)–C–C–N with tert-alkyl or cyclic N) is 1. The zero-order valence-electron chi connectivity index (χ0n) is 49.2. The highest BCUT2D eigenvalue weighted by molar-refractivity contribution is 7.70. The summed E-state index contributed by atoms with van der Waals surface area (Å²) in [5, 5.41) is 22.8. The van der Waals surface area contributed by atoms with E-state index < -0.39 is 108 Å². The number of primary amides is 1. The van der Waals surface area contributed by atoms with Crippen LogP contribution in [0, 0.1) is 12.3 Å². The van der Waals surface area contributed by atoms with Crippen LogP contribution in [0.25, 0.3) is 21.3 Å². The van der Waals surface area contributed by atoms with Crippen LogP contribution in [0.4, 0.5) is 0 Å². The van der Waals surface area contributed by atoms with Crippen molar-refractivity contribution in [2.45, 2.75) is 148 Å². The van der Waals surface area contributed by atoms with Gasteiger partial charge in [-0.3, -0.25) is 47.7 Å². The number of nitrogens with zero attached hydrogens (tertiary/aromatic N) is 4. The summed E-state index contributed by atoms with van der Waals surface area (Å²) >= 11 is 8.46. The molecule has 0 saturated carbocycles. The molecule has 0 spiro atoms. The van der Waals surface area contributed by atoms with E-state index >= 15 is 0 Å². The van der Waals surface area contributed by atoms with E-state index in [1.54, 1.807) is 55.8 Å². The average Bonchev–Trinajstić information content (AvgIpc) is 2.34. The van der Waals surface area contributed by atoms with Crippen molar-refractivity contribution in [1.29, 1.82) is 0 Å². The second-order valence-electron chi connectivity index (χ2n) is 23.6. The monoisotopic (exact) mass is 1260 g/mol. The molecule has 0 unspecified atom stereocenters. The zero-order valence-corrected chi connectivity index (χ0v) is 51.6. The van der Waals surface area contributed by atoms with Crippen LogP contribution < -0.4 is 31.7 Å². The summed E-state index contributed by atoms with van der Waals surface area (Å²) in [4.78, 5) is 153. The maximum absolute atomic E-state index is 14.6. The Hall–Kier alpha value is -7.54. The topological polar surface area (TPSA) is 353 Å². The highest BCUT2D eigenvalue weighted by atomic mass is 35.5. The third kappa shape index (κ3) is 16.0. The largest absolute Gasteiger partial charge is 0.490 e. The lowest BCUT2D eigenvalue weighted by molar-refractivity contribution is -0.145. The molecule has 2 aromatic heterocycles. The Kier molecular flexibility index (Phi) is 20.8. The first kappa shape index (κ1) is 65.4. The number of benzene rings is 3. The van der Waals surface area contributed by atoms with Crippen LogP contribution in [0.2, 0.25) is 5.02 Å². The highest BCUT2D eigenvalue weighted by Gasteiger charge is 2.47. The van der Waals surface area contributed by atoms with Gasteiger partial charge in [-0.05, 0) is 105 Å². The van der Waals surface area contributed by atoms with Crippen LogP contribution in [0.1, 0.15) is 130 Å².